The molecule has 1 aromatic heterocycles. The molecule has 1 aromatic carbocycles. The molecule has 0 spiro atoms. The van der Waals surface area contributed by atoms with E-state index in [9.17, 15) is 0 Å². The third-order valence-corrected chi connectivity index (χ3v) is 4.76. The third-order valence-electron chi connectivity index (χ3n) is 2.34. The van der Waals surface area contributed by atoms with E-state index in [1.807, 2.05) is 0 Å². The Morgan fingerprint density at radius 1 is 1.43 bits per heavy atom. The summed E-state index contributed by atoms with van der Waals surface area (Å²) in [5.41, 5.74) is 6.04. The van der Waals surface area contributed by atoms with Gasteiger partial charge < -0.3 is 5.73 Å². The normalized spacial score (nSPS) is 13.4. The van der Waals surface area contributed by atoms with Crippen LogP contribution in [0.4, 0.5) is 0 Å². The van der Waals surface area contributed by atoms with E-state index < -0.39 is 0 Å². The number of hydrogen-bond donors (Lipinski definition) is 1. The van der Waals surface area contributed by atoms with E-state index in [-0.39, 0.29) is 6.04 Å². The molecule has 0 unspecified atom stereocenters. The van der Waals surface area contributed by atoms with Gasteiger partial charge in [-0.3, -0.25) is 0 Å². The van der Waals surface area contributed by atoms with Gasteiger partial charge in [-0.05, 0) is 28.4 Å². The van der Waals surface area contributed by atoms with Crippen molar-refractivity contribution in [1.29, 1.82) is 0 Å². The monoisotopic (exact) mass is 269 g/mol. The van der Waals surface area contributed by atoms with Crippen LogP contribution >= 0.6 is 27.3 Å². The predicted octanol–water partition coefficient (Wildman–Crippen LogP) is 4.07. The Bertz CT molecular complexity index is 449. The summed E-state index contributed by atoms with van der Waals surface area (Å²) < 4.78 is 2.48. The summed E-state index contributed by atoms with van der Waals surface area (Å²) in [6, 6.07) is 8.54. The lowest BCUT2D eigenvalue weighted by Gasteiger charge is -2.05. The molecule has 0 fully saturated rings. The molecule has 14 heavy (non-hydrogen) atoms. The largest absolute Gasteiger partial charge is 0.323 e. The summed E-state index contributed by atoms with van der Waals surface area (Å²) >= 11 is 5.41. The summed E-state index contributed by atoms with van der Waals surface area (Å²) in [5.74, 6) is 0. The minimum Gasteiger partial charge on any atom is -0.323 e. The van der Waals surface area contributed by atoms with Crippen molar-refractivity contribution in [2.45, 2.75) is 19.4 Å². The molecule has 74 valence electrons. The van der Waals surface area contributed by atoms with E-state index in [0.717, 1.165) is 6.42 Å². The Morgan fingerprint density at radius 2 is 2.14 bits per heavy atom. The van der Waals surface area contributed by atoms with Gasteiger partial charge in [0.1, 0.15) is 0 Å². The highest BCUT2D eigenvalue weighted by molar-refractivity contribution is 9.10. The second-order valence-corrected chi connectivity index (χ2v) is 5.17. The highest BCUT2D eigenvalue weighted by Crippen LogP contribution is 2.38. The van der Waals surface area contributed by atoms with Crippen LogP contribution in [-0.2, 0) is 0 Å². The van der Waals surface area contributed by atoms with Gasteiger partial charge >= 0.3 is 0 Å². The first-order valence-electron chi connectivity index (χ1n) is 4.66. The predicted molar refractivity (Wildman–Crippen MR) is 66.7 cm³/mol. The third kappa shape index (κ3) is 1.60. The SMILES string of the molecule is CC[C@@H](N)c1sc2ccccc2c1Br. The summed E-state index contributed by atoms with van der Waals surface area (Å²) in [4.78, 5) is 1.26. The second kappa shape index (κ2) is 4.01. The number of halogens is 1. The fourth-order valence-corrected chi connectivity index (χ4v) is 3.65. The van der Waals surface area contributed by atoms with Gasteiger partial charge in [0.05, 0.1) is 0 Å². The second-order valence-electron chi connectivity index (χ2n) is 3.29. The molecule has 0 aliphatic heterocycles. The molecule has 3 heteroatoms. The number of thiophene rings is 1. The quantitative estimate of drug-likeness (QED) is 0.874. The van der Waals surface area contributed by atoms with Crippen LogP contribution in [0.5, 0.6) is 0 Å². The molecule has 0 saturated heterocycles. The first-order chi connectivity index (χ1) is 6.74. The Balaban J connectivity index is 2.62. The van der Waals surface area contributed by atoms with Gasteiger partial charge in [-0.25, -0.2) is 0 Å². The molecule has 0 bridgehead atoms. The fraction of sp³-hybridized carbons (Fsp3) is 0.273. The van der Waals surface area contributed by atoms with Gasteiger partial charge in [-0.1, -0.05) is 25.1 Å². The highest BCUT2D eigenvalue weighted by Gasteiger charge is 2.13. The lowest BCUT2D eigenvalue weighted by atomic mass is 10.2. The lowest BCUT2D eigenvalue weighted by molar-refractivity contribution is 0.710. The molecule has 0 saturated carbocycles. The van der Waals surface area contributed by atoms with Crippen molar-refractivity contribution in [1.82, 2.24) is 0 Å². The van der Waals surface area contributed by atoms with Crippen molar-refractivity contribution in [2.75, 3.05) is 0 Å². The maximum absolute atomic E-state index is 6.04. The Kier molecular flexibility index (Phi) is 2.91. The number of benzene rings is 1. The molecule has 0 aliphatic rings. The highest BCUT2D eigenvalue weighted by atomic mass is 79.9. The van der Waals surface area contributed by atoms with Crippen molar-refractivity contribution in [2.24, 2.45) is 5.73 Å². The van der Waals surface area contributed by atoms with Crippen molar-refractivity contribution >= 4 is 37.4 Å². The Morgan fingerprint density at radius 3 is 2.79 bits per heavy atom. The van der Waals surface area contributed by atoms with Gasteiger partial charge in [-0.2, -0.15) is 0 Å². The molecule has 2 aromatic rings. The first-order valence-corrected chi connectivity index (χ1v) is 6.27. The summed E-state index contributed by atoms with van der Waals surface area (Å²) in [5, 5.41) is 1.27. The van der Waals surface area contributed by atoms with Crippen molar-refractivity contribution in [3.63, 3.8) is 0 Å². The van der Waals surface area contributed by atoms with E-state index in [2.05, 4.69) is 47.1 Å². The van der Waals surface area contributed by atoms with E-state index >= 15 is 0 Å². The molecular formula is C11H12BrNS. The van der Waals surface area contributed by atoms with Crippen LogP contribution in [0.2, 0.25) is 0 Å². The van der Waals surface area contributed by atoms with Gasteiger partial charge in [0.25, 0.3) is 0 Å². The average molecular weight is 270 g/mol. The van der Waals surface area contributed by atoms with Crippen LogP contribution in [0, 0.1) is 0 Å². The van der Waals surface area contributed by atoms with Crippen LogP contribution in [-0.4, -0.2) is 0 Å². The molecule has 0 radical (unpaired) electrons. The number of hydrogen-bond acceptors (Lipinski definition) is 2. The van der Waals surface area contributed by atoms with Gasteiger partial charge in [0.2, 0.25) is 0 Å². The van der Waals surface area contributed by atoms with Crippen LogP contribution in [0.3, 0.4) is 0 Å². The lowest BCUT2D eigenvalue weighted by Crippen LogP contribution is -2.06. The molecule has 0 amide bonds. The zero-order valence-corrected chi connectivity index (χ0v) is 10.4. The number of rotatable bonds is 2. The topological polar surface area (TPSA) is 26.0 Å². The minimum absolute atomic E-state index is 0.154. The van der Waals surface area contributed by atoms with Crippen molar-refractivity contribution < 1.29 is 0 Å². The molecular weight excluding hydrogens is 258 g/mol. The first kappa shape index (κ1) is 10.1. The summed E-state index contributed by atoms with van der Waals surface area (Å²) in [6.07, 6.45) is 0.978. The number of fused-ring (bicyclic) bond motifs is 1. The van der Waals surface area contributed by atoms with Gasteiger partial charge in [0, 0.05) is 25.5 Å². The number of nitrogens with two attached hydrogens (primary N) is 1. The van der Waals surface area contributed by atoms with E-state index in [1.165, 1.54) is 19.4 Å². The van der Waals surface area contributed by atoms with E-state index in [1.54, 1.807) is 11.3 Å². The standard InChI is InChI=1S/C11H12BrNS/c1-2-8(13)11-10(12)7-5-3-4-6-9(7)14-11/h3-6,8H,2,13H2,1H3/t8-/m1/s1. The van der Waals surface area contributed by atoms with Crippen molar-refractivity contribution in [3.05, 3.63) is 33.6 Å². The van der Waals surface area contributed by atoms with Crippen LogP contribution in [0.25, 0.3) is 10.1 Å². The summed E-state index contributed by atoms with van der Waals surface area (Å²) in [6.45, 7) is 2.11. The van der Waals surface area contributed by atoms with Gasteiger partial charge in [0.15, 0.2) is 0 Å². The molecule has 2 N–H and O–H groups in total. The molecule has 1 atom stereocenters. The van der Waals surface area contributed by atoms with Crippen molar-refractivity contribution in [3.8, 4) is 0 Å². The maximum atomic E-state index is 6.04. The summed E-state index contributed by atoms with van der Waals surface area (Å²) in [7, 11) is 0. The molecule has 1 nitrogen and oxygen atoms in total. The van der Waals surface area contributed by atoms with E-state index in [0.29, 0.717) is 0 Å². The molecule has 0 aliphatic carbocycles. The van der Waals surface area contributed by atoms with Crippen LogP contribution in [0.15, 0.2) is 28.7 Å². The minimum atomic E-state index is 0.154. The van der Waals surface area contributed by atoms with Gasteiger partial charge in [-0.15, -0.1) is 11.3 Å². The zero-order valence-electron chi connectivity index (χ0n) is 7.96. The zero-order chi connectivity index (χ0) is 10.1. The Hall–Kier alpha value is -0.380. The fourth-order valence-electron chi connectivity index (χ4n) is 1.46. The van der Waals surface area contributed by atoms with E-state index in [4.69, 9.17) is 5.73 Å². The Labute approximate surface area is 96.1 Å². The van der Waals surface area contributed by atoms with Crippen LogP contribution < -0.4 is 5.73 Å². The maximum Gasteiger partial charge on any atom is 0.0409 e. The molecule has 1 heterocycles. The van der Waals surface area contributed by atoms with Crippen LogP contribution in [0.1, 0.15) is 24.3 Å². The smallest absolute Gasteiger partial charge is 0.0409 e. The average Bonchev–Trinajstić information content (AvgIpc) is 2.56. The molecule has 2 rings (SSSR count).